The van der Waals surface area contributed by atoms with Gasteiger partial charge in [0, 0.05) is 22.2 Å². The van der Waals surface area contributed by atoms with Crippen molar-refractivity contribution in [2.75, 3.05) is 0 Å². The Hall–Kier alpha value is -2.61. The molecule has 23 heavy (non-hydrogen) atoms. The van der Waals surface area contributed by atoms with Gasteiger partial charge in [0.2, 0.25) is 0 Å². The lowest BCUT2D eigenvalue weighted by Gasteiger charge is -2.00. The molecule has 0 saturated carbocycles. The maximum absolute atomic E-state index is 10.6. The molecule has 4 nitrogen and oxygen atoms in total. The summed E-state index contributed by atoms with van der Waals surface area (Å²) < 4.78 is 0. The van der Waals surface area contributed by atoms with Crippen molar-refractivity contribution >= 4 is 39.5 Å². The first-order chi connectivity index (χ1) is 11.0. The number of non-ortho nitro benzene ring substituents is 1. The molecule has 2 aromatic carbocycles. The van der Waals surface area contributed by atoms with E-state index in [0.717, 1.165) is 5.56 Å². The molecule has 0 unspecified atom stereocenters. The first-order valence-electron chi connectivity index (χ1n) is 6.49. The lowest BCUT2D eigenvalue weighted by molar-refractivity contribution is -0.384. The first-order valence-corrected chi connectivity index (χ1v) is 7.25. The number of nitro groups is 1. The normalized spacial score (nSPS) is 11.9. The van der Waals surface area contributed by atoms with Crippen molar-refractivity contribution in [1.29, 1.82) is 5.26 Å². The van der Waals surface area contributed by atoms with Gasteiger partial charge in [-0.05, 0) is 47.5 Å². The van der Waals surface area contributed by atoms with Crippen molar-refractivity contribution in [3.8, 4) is 6.07 Å². The van der Waals surface area contributed by atoms with Crippen molar-refractivity contribution in [2.45, 2.75) is 0 Å². The minimum absolute atomic E-state index is 0.0271. The van der Waals surface area contributed by atoms with Gasteiger partial charge in [-0.2, -0.15) is 5.26 Å². The van der Waals surface area contributed by atoms with E-state index in [1.165, 1.54) is 24.3 Å². The van der Waals surface area contributed by atoms with Crippen LogP contribution >= 0.6 is 23.2 Å². The number of rotatable bonds is 4. The van der Waals surface area contributed by atoms with E-state index in [1.54, 1.807) is 36.4 Å². The number of nitro benzene ring substituents is 1. The largest absolute Gasteiger partial charge is 0.269 e. The molecule has 114 valence electrons. The van der Waals surface area contributed by atoms with Crippen LogP contribution in [0.4, 0.5) is 5.69 Å². The van der Waals surface area contributed by atoms with E-state index < -0.39 is 4.92 Å². The maximum atomic E-state index is 10.6. The quantitative estimate of drug-likeness (QED) is 0.321. The molecule has 0 aliphatic rings. The van der Waals surface area contributed by atoms with Gasteiger partial charge >= 0.3 is 0 Å². The van der Waals surface area contributed by atoms with Crippen LogP contribution in [0.2, 0.25) is 5.02 Å². The van der Waals surface area contributed by atoms with Crippen LogP contribution in [0.15, 0.2) is 60.7 Å². The lowest BCUT2D eigenvalue weighted by Crippen LogP contribution is -1.88. The molecule has 2 aromatic rings. The highest BCUT2D eigenvalue weighted by Gasteiger charge is 2.06. The Morgan fingerprint density at radius 2 is 1.61 bits per heavy atom. The Labute approximate surface area is 143 Å². The number of hydrogen-bond acceptors (Lipinski definition) is 3. The Kier molecular flexibility index (Phi) is 5.53. The highest BCUT2D eigenvalue weighted by Crippen LogP contribution is 2.23. The summed E-state index contributed by atoms with van der Waals surface area (Å²) >= 11 is 12.0. The monoisotopic (exact) mass is 344 g/mol. The molecule has 2 rings (SSSR count). The number of benzene rings is 2. The van der Waals surface area contributed by atoms with Crippen molar-refractivity contribution in [1.82, 2.24) is 0 Å². The molecule has 0 amide bonds. The molecule has 0 fully saturated rings. The summed E-state index contributed by atoms with van der Waals surface area (Å²) in [6.07, 6.45) is 3.17. The third-order valence-electron chi connectivity index (χ3n) is 3.03. The van der Waals surface area contributed by atoms with E-state index in [-0.39, 0.29) is 5.69 Å². The van der Waals surface area contributed by atoms with Crippen LogP contribution in [0.1, 0.15) is 11.1 Å². The molecule has 0 radical (unpaired) electrons. The summed E-state index contributed by atoms with van der Waals surface area (Å²) in [5.74, 6) is 0. The predicted octanol–water partition coefficient (Wildman–Crippen LogP) is 5.44. The van der Waals surface area contributed by atoms with E-state index in [0.29, 0.717) is 21.2 Å². The van der Waals surface area contributed by atoms with Crippen LogP contribution in [0.25, 0.3) is 10.6 Å². The van der Waals surface area contributed by atoms with Crippen LogP contribution in [-0.4, -0.2) is 4.92 Å². The molecule has 0 spiro atoms. The number of nitrogens with zero attached hydrogens (tertiary/aromatic N) is 2. The zero-order valence-electron chi connectivity index (χ0n) is 11.7. The Balaban J connectivity index is 2.27. The van der Waals surface area contributed by atoms with Gasteiger partial charge in [0.1, 0.15) is 0 Å². The minimum Gasteiger partial charge on any atom is -0.258 e. The zero-order chi connectivity index (χ0) is 16.8. The van der Waals surface area contributed by atoms with Gasteiger partial charge in [0.15, 0.2) is 0 Å². The topological polar surface area (TPSA) is 66.9 Å². The smallest absolute Gasteiger partial charge is 0.258 e. The molecular formula is C17H10Cl2N2O2. The number of halogens is 2. The van der Waals surface area contributed by atoms with Gasteiger partial charge in [0.05, 0.1) is 16.6 Å². The molecule has 0 aliphatic heterocycles. The molecule has 0 saturated heterocycles. The van der Waals surface area contributed by atoms with Gasteiger partial charge in [-0.1, -0.05) is 35.3 Å². The summed E-state index contributed by atoms with van der Waals surface area (Å²) in [5.41, 5.74) is 1.68. The van der Waals surface area contributed by atoms with Crippen molar-refractivity contribution in [3.63, 3.8) is 0 Å². The van der Waals surface area contributed by atoms with Gasteiger partial charge in [-0.15, -0.1) is 0 Å². The molecular weight excluding hydrogens is 335 g/mol. The molecule has 0 N–H and O–H groups in total. The third kappa shape index (κ3) is 4.43. The van der Waals surface area contributed by atoms with Crippen molar-refractivity contribution in [2.24, 2.45) is 0 Å². The van der Waals surface area contributed by atoms with Gasteiger partial charge < -0.3 is 0 Å². The number of allylic oxidation sites excluding steroid dienone is 3. The zero-order valence-corrected chi connectivity index (χ0v) is 13.3. The van der Waals surface area contributed by atoms with Gasteiger partial charge in [0.25, 0.3) is 5.69 Å². The summed E-state index contributed by atoms with van der Waals surface area (Å²) in [5, 5.41) is 20.9. The second kappa shape index (κ2) is 7.59. The molecule has 0 bridgehead atoms. The summed E-state index contributed by atoms with van der Waals surface area (Å²) in [6, 6.07) is 14.8. The fraction of sp³-hybridized carbons (Fsp3) is 0. The SMILES string of the molecule is N#C/C(=C/C=C(/Cl)c1ccc(Cl)cc1)c1ccc([N+](=O)[O-])cc1. The van der Waals surface area contributed by atoms with Crippen LogP contribution in [0, 0.1) is 21.4 Å². The van der Waals surface area contributed by atoms with Gasteiger partial charge in [-0.25, -0.2) is 0 Å². The highest BCUT2D eigenvalue weighted by molar-refractivity contribution is 6.49. The minimum atomic E-state index is -0.489. The van der Waals surface area contributed by atoms with Crippen LogP contribution in [0.5, 0.6) is 0 Å². The average molecular weight is 345 g/mol. The van der Waals surface area contributed by atoms with Crippen molar-refractivity contribution < 1.29 is 4.92 Å². The van der Waals surface area contributed by atoms with E-state index in [2.05, 4.69) is 0 Å². The molecule has 0 aromatic heterocycles. The number of nitriles is 1. The van der Waals surface area contributed by atoms with E-state index >= 15 is 0 Å². The van der Waals surface area contributed by atoms with E-state index in [9.17, 15) is 15.4 Å². The Morgan fingerprint density at radius 1 is 1.04 bits per heavy atom. The predicted molar refractivity (Wildman–Crippen MR) is 92.0 cm³/mol. The second-order valence-corrected chi connectivity index (χ2v) is 5.36. The summed E-state index contributed by atoms with van der Waals surface area (Å²) in [7, 11) is 0. The maximum Gasteiger partial charge on any atom is 0.269 e. The second-order valence-electron chi connectivity index (χ2n) is 4.52. The standard InChI is InChI=1S/C17H10Cl2N2O2/c18-15-6-1-13(2-7-15)17(19)10-5-14(11-20)12-3-8-16(9-4-12)21(22)23/h1-10H/b14-5-,17-10+. The Bertz CT molecular complexity index is 817. The molecule has 6 heteroatoms. The first kappa shape index (κ1) is 16.8. The summed E-state index contributed by atoms with van der Waals surface area (Å²) in [4.78, 5) is 10.1. The van der Waals surface area contributed by atoms with Crippen LogP contribution in [-0.2, 0) is 0 Å². The van der Waals surface area contributed by atoms with Crippen molar-refractivity contribution in [3.05, 3.63) is 86.9 Å². The van der Waals surface area contributed by atoms with E-state index in [4.69, 9.17) is 23.2 Å². The Morgan fingerprint density at radius 3 is 2.13 bits per heavy atom. The fourth-order valence-corrected chi connectivity index (χ4v) is 2.14. The van der Waals surface area contributed by atoms with Gasteiger partial charge in [-0.3, -0.25) is 10.1 Å². The van der Waals surface area contributed by atoms with Crippen LogP contribution < -0.4 is 0 Å². The molecule has 0 atom stereocenters. The van der Waals surface area contributed by atoms with E-state index in [1.807, 2.05) is 6.07 Å². The molecule has 0 aliphatic carbocycles. The fourth-order valence-electron chi connectivity index (χ4n) is 1.82. The average Bonchev–Trinajstić information content (AvgIpc) is 2.56. The van der Waals surface area contributed by atoms with Crippen LogP contribution in [0.3, 0.4) is 0 Å². The number of hydrogen-bond donors (Lipinski definition) is 0. The molecule has 0 heterocycles. The third-order valence-corrected chi connectivity index (χ3v) is 3.62. The summed E-state index contributed by atoms with van der Waals surface area (Å²) in [6.45, 7) is 0. The highest BCUT2D eigenvalue weighted by atomic mass is 35.5. The lowest BCUT2D eigenvalue weighted by atomic mass is 10.1.